The summed E-state index contributed by atoms with van der Waals surface area (Å²) in [5.74, 6) is 2.60. The Morgan fingerprint density at radius 1 is 1.26 bits per heavy atom. The molecule has 1 aromatic rings. The molecule has 3 heterocycles. The second-order valence-electron chi connectivity index (χ2n) is 5.87. The molecule has 19 heavy (non-hydrogen) atoms. The molecule has 2 saturated heterocycles. The second kappa shape index (κ2) is 5.43. The van der Waals surface area contributed by atoms with Crippen molar-refractivity contribution >= 4 is 5.82 Å². The van der Waals surface area contributed by atoms with Crippen molar-refractivity contribution in [3.8, 4) is 0 Å². The first-order valence-corrected chi connectivity index (χ1v) is 7.26. The lowest BCUT2D eigenvalue weighted by molar-refractivity contribution is 0.276. The molecule has 2 unspecified atom stereocenters. The van der Waals surface area contributed by atoms with Crippen LogP contribution in [0.3, 0.4) is 0 Å². The molecule has 2 aliphatic rings. The highest BCUT2D eigenvalue weighted by atomic mass is 15.4. The fraction of sp³-hybridized carbons (Fsp3) is 0.714. The van der Waals surface area contributed by atoms with Gasteiger partial charge in [-0.2, -0.15) is 0 Å². The fourth-order valence-corrected chi connectivity index (χ4v) is 3.29. The van der Waals surface area contributed by atoms with Crippen molar-refractivity contribution in [2.45, 2.75) is 32.7 Å². The molecule has 5 nitrogen and oxygen atoms in total. The lowest BCUT2D eigenvalue weighted by Gasteiger charge is -2.36. The maximum atomic E-state index is 4.39. The van der Waals surface area contributed by atoms with Crippen molar-refractivity contribution in [2.75, 3.05) is 24.5 Å². The van der Waals surface area contributed by atoms with Crippen LogP contribution >= 0.6 is 0 Å². The highest BCUT2D eigenvalue weighted by Gasteiger charge is 2.33. The van der Waals surface area contributed by atoms with Gasteiger partial charge in [-0.25, -0.2) is 9.97 Å². The zero-order valence-corrected chi connectivity index (χ0v) is 11.8. The van der Waals surface area contributed by atoms with E-state index in [4.69, 9.17) is 0 Å². The number of aromatic nitrogens is 2. The number of rotatable bonds is 2. The molecule has 0 aliphatic carbocycles. The number of piperidine rings is 1. The quantitative estimate of drug-likeness (QED) is 0.835. The first-order valence-electron chi connectivity index (χ1n) is 7.26. The molecular formula is C14H23N5. The fourth-order valence-electron chi connectivity index (χ4n) is 3.29. The monoisotopic (exact) mass is 261 g/mol. The van der Waals surface area contributed by atoms with Crippen LogP contribution in [0.1, 0.15) is 25.5 Å². The van der Waals surface area contributed by atoms with Crippen LogP contribution in [0.15, 0.2) is 12.4 Å². The maximum absolute atomic E-state index is 4.39. The molecule has 0 aromatic carbocycles. The van der Waals surface area contributed by atoms with Crippen LogP contribution in [-0.4, -0.2) is 35.6 Å². The molecule has 2 N–H and O–H groups in total. The summed E-state index contributed by atoms with van der Waals surface area (Å²) < 4.78 is 0. The molecule has 104 valence electrons. The SMILES string of the molecule is Cc1cc(N2CCC(C3NNCC3C)CC2)ncn1. The van der Waals surface area contributed by atoms with E-state index in [1.165, 1.54) is 12.8 Å². The van der Waals surface area contributed by atoms with Crippen molar-refractivity contribution in [1.82, 2.24) is 20.8 Å². The first-order chi connectivity index (χ1) is 9.24. The Bertz CT molecular complexity index is 428. The predicted octanol–water partition coefficient (Wildman–Crippen LogP) is 1.11. The smallest absolute Gasteiger partial charge is 0.132 e. The number of anilines is 1. The molecule has 0 radical (unpaired) electrons. The molecule has 2 fully saturated rings. The van der Waals surface area contributed by atoms with E-state index in [0.717, 1.165) is 43.0 Å². The molecule has 3 rings (SSSR count). The number of hydrogen-bond acceptors (Lipinski definition) is 5. The van der Waals surface area contributed by atoms with Gasteiger partial charge in [-0.15, -0.1) is 0 Å². The van der Waals surface area contributed by atoms with Crippen molar-refractivity contribution < 1.29 is 0 Å². The summed E-state index contributed by atoms with van der Waals surface area (Å²) >= 11 is 0. The standard InChI is InChI=1S/C14H23N5/c1-10-8-17-18-14(10)12-3-5-19(6-4-12)13-7-11(2)15-9-16-13/h7,9-10,12,14,17-18H,3-6,8H2,1-2H3. The summed E-state index contributed by atoms with van der Waals surface area (Å²) in [6, 6.07) is 2.72. The van der Waals surface area contributed by atoms with Gasteiger partial charge in [0.05, 0.1) is 0 Å². The summed E-state index contributed by atoms with van der Waals surface area (Å²) in [6.45, 7) is 7.65. The Morgan fingerprint density at radius 3 is 2.68 bits per heavy atom. The summed E-state index contributed by atoms with van der Waals surface area (Å²) in [7, 11) is 0. The van der Waals surface area contributed by atoms with Gasteiger partial charge in [0.25, 0.3) is 0 Å². The number of nitrogens with one attached hydrogen (secondary N) is 2. The minimum atomic E-state index is 0.634. The van der Waals surface area contributed by atoms with Crippen molar-refractivity contribution in [2.24, 2.45) is 11.8 Å². The number of aryl methyl sites for hydroxylation is 1. The van der Waals surface area contributed by atoms with Crippen LogP contribution < -0.4 is 15.8 Å². The van der Waals surface area contributed by atoms with Crippen molar-refractivity contribution in [3.63, 3.8) is 0 Å². The molecule has 2 aliphatic heterocycles. The maximum Gasteiger partial charge on any atom is 0.132 e. The Hall–Kier alpha value is -1.20. The molecule has 0 bridgehead atoms. The predicted molar refractivity (Wildman–Crippen MR) is 75.8 cm³/mol. The largest absolute Gasteiger partial charge is 0.356 e. The summed E-state index contributed by atoms with van der Waals surface area (Å²) in [5, 5.41) is 0. The normalized spacial score (nSPS) is 28.8. The van der Waals surface area contributed by atoms with Gasteiger partial charge in [0.1, 0.15) is 12.1 Å². The molecule has 0 spiro atoms. The number of hydrazine groups is 1. The van der Waals surface area contributed by atoms with Gasteiger partial charge in [-0.3, -0.25) is 10.9 Å². The average molecular weight is 261 g/mol. The Balaban J connectivity index is 1.60. The summed E-state index contributed by atoms with van der Waals surface area (Å²) in [5.41, 5.74) is 7.78. The minimum absolute atomic E-state index is 0.634. The van der Waals surface area contributed by atoms with E-state index in [1.807, 2.05) is 6.92 Å². The van der Waals surface area contributed by atoms with Crippen LogP contribution in [0.2, 0.25) is 0 Å². The highest BCUT2D eigenvalue weighted by molar-refractivity contribution is 5.39. The first kappa shape index (κ1) is 12.8. The third-order valence-corrected chi connectivity index (χ3v) is 4.47. The zero-order chi connectivity index (χ0) is 13.2. The lowest BCUT2D eigenvalue weighted by atomic mass is 9.84. The van der Waals surface area contributed by atoms with Gasteiger partial charge in [-0.1, -0.05) is 6.92 Å². The zero-order valence-electron chi connectivity index (χ0n) is 11.8. The second-order valence-corrected chi connectivity index (χ2v) is 5.87. The van der Waals surface area contributed by atoms with Gasteiger partial charge in [-0.05, 0) is 31.6 Å². The van der Waals surface area contributed by atoms with E-state index in [9.17, 15) is 0 Å². The third-order valence-electron chi connectivity index (χ3n) is 4.47. The van der Waals surface area contributed by atoms with E-state index >= 15 is 0 Å². The Kier molecular flexibility index (Phi) is 3.66. The average Bonchev–Trinajstić information content (AvgIpc) is 2.85. The van der Waals surface area contributed by atoms with Gasteiger partial charge in [0.2, 0.25) is 0 Å². The highest BCUT2D eigenvalue weighted by Crippen LogP contribution is 2.28. The molecule has 5 heteroatoms. The van der Waals surface area contributed by atoms with E-state index in [0.29, 0.717) is 6.04 Å². The number of hydrogen-bond donors (Lipinski definition) is 2. The van der Waals surface area contributed by atoms with Crippen molar-refractivity contribution in [3.05, 3.63) is 18.1 Å². The molecule has 2 atom stereocenters. The lowest BCUT2D eigenvalue weighted by Crippen LogP contribution is -2.44. The minimum Gasteiger partial charge on any atom is -0.356 e. The van der Waals surface area contributed by atoms with Crippen LogP contribution in [0, 0.1) is 18.8 Å². The van der Waals surface area contributed by atoms with Crippen LogP contribution in [0.25, 0.3) is 0 Å². The topological polar surface area (TPSA) is 53.1 Å². The summed E-state index contributed by atoms with van der Waals surface area (Å²) in [4.78, 5) is 10.9. The molecule has 1 aromatic heterocycles. The molecule has 0 saturated carbocycles. The number of nitrogens with zero attached hydrogens (tertiary/aromatic N) is 3. The Morgan fingerprint density at radius 2 is 2.05 bits per heavy atom. The van der Waals surface area contributed by atoms with Crippen LogP contribution in [-0.2, 0) is 0 Å². The summed E-state index contributed by atoms with van der Waals surface area (Å²) in [6.07, 6.45) is 4.15. The van der Waals surface area contributed by atoms with Crippen LogP contribution in [0.5, 0.6) is 0 Å². The van der Waals surface area contributed by atoms with Crippen molar-refractivity contribution in [1.29, 1.82) is 0 Å². The van der Waals surface area contributed by atoms with E-state index in [2.05, 4.69) is 38.7 Å². The molecular weight excluding hydrogens is 238 g/mol. The van der Waals surface area contributed by atoms with Gasteiger partial charge in [0, 0.05) is 37.4 Å². The van der Waals surface area contributed by atoms with E-state index in [-0.39, 0.29) is 0 Å². The van der Waals surface area contributed by atoms with E-state index < -0.39 is 0 Å². The van der Waals surface area contributed by atoms with E-state index in [1.54, 1.807) is 6.33 Å². The third kappa shape index (κ3) is 2.72. The van der Waals surface area contributed by atoms with Gasteiger partial charge < -0.3 is 4.90 Å². The molecule has 0 amide bonds. The van der Waals surface area contributed by atoms with Crippen LogP contribution in [0.4, 0.5) is 5.82 Å². The van der Waals surface area contributed by atoms with Gasteiger partial charge in [0.15, 0.2) is 0 Å². The van der Waals surface area contributed by atoms with Gasteiger partial charge >= 0.3 is 0 Å². The Labute approximate surface area is 114 Å².